The van der Waals surface area contributed by atoms with E-state index in [2.05, 4.69) is 21.1 Å². The van der Waals surface area contributed by atoms with Gasteiger partial charge < -0.3 is 20.4 Å². The molecule has 190 valence electrons. The maximum atomic E-state index is 12.2. The monoisotopic (exact) mass is 497 g/mol. The first kappa shape index (κ1) is 24.3. The fraction of sp³-hybridized carbons (Fsp3) is 0.370. The molecule has 5 heterocycles. The molecule has 0 bridgehead atoms. The predicted molar refractivity (Wildman–Crippen MR) is 144 cm³/mol. The third kappa shape index (κ3) is 4.37. The largest absolute Gasteiger partial charge is 0.404 e. The van der Waals surface area contributed by atoms with E-state index in [1.54, 1.807) is 43.0 Å². The van der Waals surface area contributed by atoms with Crippen LogP contribution >= 0.6 is 0 Å². The molecule has 0 atom stereocenters. The summed E-state index contributed by atoms with van der Waals surface area (Å²) < 4.78 is 1.71. The zero-order valence-corrected chi connectivity index (χ0v) is 21.4. The van der Waals surface area contributed by atoms with Crippen LogP contribution in [0.4, 0.5) is 10.6 Å². The van der Waals surface area contributed by atoms with Crippen LogP contribution in [0, 0.1) is 16.7 Å². The number of anilines is 1. The molecule has 2 N–H and O–H groups in total. The topological polar surface area (TPSA) is 119 Å². The van der Waals surface area contributed by atoms with Gasteiger partial charge in [-0.05, 0) is 31.0 Å². The molecule has 2 aliphatic rings. The number of rotatable bonds is 4. The summed E-state index contributed by atoms with van der Waals surface area (Å²) in [6.45, 7) is 3.51. The maximum Gasteiger partial charge on any atom is 0.319 e. The lowest BCUT2D eigenvalue weighted by molar-refractivity contribution is 0.00306. The number of carbonyl (C=O) groups is 1. The van der Waals surface area contributed by atoms with Crippen LogP contribution in [0.25, 0.3) is 22.2 Å². The van der Waals surface area contributed by atoms with Gasteiger partial charge in [0.25, 0.3) is 0 Å². The fourth-order valence-corrected chi connectivity index (χ4v) is 5.37. The van der Waals surface area contributed by atoms with Crippen LogP contribution in [0.2, 0.25) is 0 Å². The highest BCUT2D eigenvalue weighted by atomic mass is 16.2. The number of likely N-dealkylation sites (tertiary alicyclic amines) is 1. The average Bonchev–Trinajstić information content (AvgIpc) is 3.33. The molecule has 10 heteroatoms. The lowest BCUT2D eigenvalue weighted by Crippen LogP contribution is -2.63. The number of allylic oxidation sites excluding steroid dienone is 1. The number of aromatic nitrogens is 3. The van der Waals surface area contributed by atoms with Gasteiger partial charge in [-0.3, -0.25) is 4.99 Å². The van der Waals surface area contributed by atoms with Gasteiger partial charge in [-0.15, -0.1) is 0 Å². The summed E-state index contributed by atoms with van der Waals surface area (Å²) in [5, 5.41) is 14.0. The number of piperidine rings is 1. The Bertz CT molecular complexity index is 1410. The Balaban J connectivity index is 1.37. The Labute approximate surface area is 216 Å². The zero-order valence-electron chi connectivity index (χ0n) is 21.4. The Morgan fingerprint density at radius 2 is 2.00 bits per heavy atom. The number of pyridine rings is 2. The molecule has 0 unspecified atom stereocenters. The van der Waals surface area contributed by atoms with Crippen molar-refractivity contribution in [3.63, 3.8) is 0 Å². The highest BCUT2D eigenvalue weighted by Crippen LogP contribution is 2.41. The molecule has 0 aliphatic carbocycles. The normalized spacial score (nSPS) is 17.3. The Morgan fingerprint density at radius 3 is 2.59 bits per heavy atom. The van der Waals surface area contributed by atoms with E-state index in [0.717, 1.165) is 72.6 Å². The van der Waals surface area contributed by atoms with Gasteiger partial charge in [-0.1, -0.05) is 0 Å². The lowest BCUT2D eigenvalue weighted by Gasteiger charge is -2.54. The number of amides is 2. The van der Waals surface area contributed by atoms with E-state index in [4.69, 9.17) is 10.7 Å². The minimum absolute atomic E-state index is 0.0947. The van der Waals surface area contributed by atoms with Crippen molar-refractivity contribution >= 4 is 29.2 Å². The minimum atomic E-state index is 0.0947. The molecule has 3 aromatic heterocycles. The van der Waals surface area contributed by atoms with Crippen LogP contribution in [-0.4, -0.2) is 84.0 Å². The van der Waals surface area contributed by atoms with Gasteiger partial charge in [0.1, 0.15) is 11.9 Å². The van der Waals surface area contributed by atoms with Crippen molar-refractivity contribution in [1.29, 1.82) is 5.26 Å². The smallest absolute Gasteiger partial charge is 0.319 e. The first-order chi connectivity index (χ1) is 17.9. The number of nitriles is 1. The molecule has 2 saturated heterocycles. The van der Waals surface area contributed by atoms with Crippen molar-refractivity contribution in [2.45, 2.75) is 12.8 Å². The molecule has 1 spiro atoms. The average molecular weight is 498 g/mol. The third-order valence-electron chi connectivity index (χ3n) is 7.43. The highest BCUT2D eigenvalue weighted by Gasteiger charge is 2.47. The molecular formula is C27H31N9O. The number of fused-ring (bicyclic) bond motifs is 1. The number of hydrogen-bond acceptors (Lipinski definition) is 7. The van der Waals surface area contributed by atoms with Crippen LogP contribution in [0.3, 0.4) is 0 Å². The van der Waals surface area contributed by atoms with E-state index < -0.39 is 0 Å². The molecule has 0 aromatic carbocycles. The van der Waals surface area contributed by atoms with Gasteiger partial charge in [0.2, 0.25) is 0 Å². The van der Waals surface area contributed by atoms with Gasteiger partial charge in [0, 0.05) is 99.8 Å². The summed E-state index contributed by atoms with van der Waals surface area (Å²) in [4.78, 5) is 27.0. The van der Waals surface area contributed by atoms with E-state index in [1.807, 2.05) is 35.5 Å². The number of carbonyl (C=O) groups excluding carboxylic acids is 1. The molecule has 5 rings (SSSR count). The van der Waals surface area contributed by atoms with Crippen molar-refractivity contribution in [2.75, 3.05) is 52.2 Å². The van der Waals surface area contributed by atoms with Crippen LogP contribution < -0.4 is 10.6 Å². The van der Waals surface area contributed by atoms with Crippen molar-refractivity contribution in [2.24, 2.45) is 16.1 Å². The number of aliphatic imine (C=N–C) groups is 1. The quantitative estimate of drug-likeness (QED) is 0.554. The van der Waals surface area contributed by atoms with Crippen molar-refractivity contribution in [3.8, 4) is 17.2 Å². The summed E-state index contributed by atoms with van der Waals surface area (Å²) >= 11 is 0. The number of nitrogens with zero attached hydrogens (tertiary/aromatic N) is 8. The zero-order chi connectivity index (χ0) is 26.2. The van der Waals surface area contributed by atoms with Gasteiger partial charge in [0.15, 0.2) is 0 Å². The molecule has 0 radical (unpaired) electrons. The standard InChI is InChI=1S/C27H31N9O/c1-30-13-21(11-28)20-10-23(25-22(12-29)15-32-36(25)16-20)19-4-5-24(31-14-19)34-8-6-27(7-9-34)17-35(18-27)26(37)33(2)3/h4-5,10-11,13-16H,6-9,17-18,28H2,1-3H3. The summed E-state index contributed by atoms with van der Waals surface area (Å²) in [6.07, 6.45) is 10.6. The van der Waals surface area contributed by atoms with E-state index in [9.17, 15) is 10.1 Å². The third-order valence-corrected chi connectivity index (χ3v) is 7.43. The van der Waals surface area contributed by atoms with Crippen molar-refractivity contribution in [3.05, 3.63) is 54.1 Å². The predicted octanol–water partition coefficient (Wildman–Crippen LogP) is 2.85. The van der Waals surface area contributed by atoms with Gasteiger partial charge in [-0.2, -0.15) is 10.4 Å². The summed E-state index contributed by atoms with van der Waals surface area (Å²) in [6, 6.07) is 8.41. The molecule has 10 nitrogen and oxygen atoms in total. The summed E-state index contributed by atoms with van der Waals surface area (Å²) in [5.41, 5.74) is 10.7. The van der Waals surface area contributed by atoms with Gasteiger partial charge in [0.05, 0.1) is 17.3 Å². The molecule has 3 aromatic rings. The van der Waals surface area contributed by atoms with Crippen molar-refractivity contribution in [1.82, 2.24) is 24.4 Å². The van der Waals surface area contributed by atoms with E-state index >= 15 is 0 Å². The Kier molecular flexibility index (Phi) is 6.29. The molecule has 0 saturated carbocycles. The molecular weight excluding hydrogens is 466 g/mol. The van der Waals surface area contributed by atoms with Crippen molar-refractivity contribution < 1.29 is 4.79 Å². The van der Waals surface area contributed by atoms with E-state index in [0.29, 0.717) is 5.56 Å². The first-order valence-electron chi connectivity index (χ1n) is 12.3. The maximum absolute atomic E-state index is 12.2. The van der Waals surface area contributed by atoms with Gasteiger partial charge in [-0.25, -0.2) is 14.3 Å². The van der Waals surface area contributed by atoms with E-state index in [1.165, 1.54) is 6.20 Å². The van der Waals surface area contributed by atoms with Crippen LogP contribution in [0.1, 0.15) is 24.0 Å². The Hall–Kier alpha value is -4.39. The molecule has 2 aliphatic heterocycles. The summed E-state index contributed by atoms with van der Waals surface area (Å²) in [5.74, 6) is 0.931. The summed E-state index contributed by atoms with van der Waals surface area (Å²) in [7, 11) is 5.29. The lowest BCUT2D eigenvalue weighted by atomic mass is 9.72. The van der Waals surface area contributed by atoms with E-state index in [-0.39, 0.29) is 11.4 Å². The van der Waals surface area contributed by atoms with Gasteiger partial charge >= 0.3 is 6.03 Å². The van der Waals surface area contributed by atoms with Crippen LogP contribution in [0.5, 0.6) is 0 Å². The van der Waals surface area contributed by atoms with Crippen LogP contribution in [0.15, 0.2) is 48.0 Å². The number of urea groups is 1. The highest BCUT2D eigenvalue weighted by molar-refractivity contribution is 6.10. The SMILES string of the molecule is CN=CC(=CN)c1cc(-c2ccc(N3CCC4(CC3)CN(C(=O)N(C)C)C4)nc2)c2c(C#N)cnn2c1. The molecule has 2 fully saturated rings. The van der Waals surface area contributed by atoms with Crippen LogP contribution in [-0.2, 0) is 0 Å². The fourth-order valence-electron chi connectivity index (χ4n) is 5.37. The Morgan fingerprint density at radius 1 is 1.24 bits per heavy atom. The second-order valence-corrected chi connectivity index (χ2v) is 10.0. The second kappa shape index (κ2) is 9.58. The number of hydrogen-bond donors (Lipinski definition) is 1. The minimum Gasteiger partial charge on any atom is -0.404 e. The molecule has 2 amide bonds. The molecule has 37 heavy (non-hydrogen) atoms. The second-order valence-electron chi connectivity index (χ2n) is 10.0. The first-order valence-corrected chi connectivity index (χ1v) is 12.3. The number of nitrogens with two attached hydrogens (primary N) is 1.